The number of amides is 1. The van der Waals surface area contributed by atoms with Crippen molar-refractivity contribution < 1.29 is 13.6 Å². The summed E-state index contributed by atoms with van der Waals surface area (Å²) in [6, 6.07) is 12.7. The first-order chi connectivity index (χ1) is 15.0. The Bertz CT molecular complexity index is 1120. The number of rotatable bonds is 4. The number of aromatic nitrogens is 2. The monoisotopic (exact) mass is 418 g/mol. The van der Waals surface area contributed by atoms with E-state index in [-0.39, 0.29) is 12.3 Å². The predicted octanol–water partition coefficient (Wildman–Crippen LogP) is 4.41. The van der Waals surface area contributed by atoms with Gasteiger partial charge in [0.25, 0.3) is 5.91 Å². The van der Waals surface area contributed by atoms with E-state index in [0.29, 0.717) is 42.8 Å². The number of carbonyl (C=O) groups is 1. The van der Waals surface area contributed by atoms with Crippen LogP contribution in [-0.2, 0) is 6.42 Å². The summed E-state index contributed by atoms with van der Waals surface area (Å²) in [6.45, 7) is 0.768. The first-order valence-corrected chi connectivity index (χ1v) is 10.0. The van der Waals surface area contributed by atoms with Crippen LogP contribution in [0.25, 0.3) is 11.3 Å². The van der Waals surface area contributed by atoms with Crippen molar-refractivity contribution in [2.24, 2.45) is 5.41 Å². The quantitative estimate of drug-likeness (QED) is 0.629. The molecule has 1 fully saturated rings. The van der Waals surface area contributed by atoms with Gasteiger partial charge in [-0.05, 0) is 61.2 Å². The van der Waals surface area contributed by atoms with Gasteiger partial charge in [-0.1, -0.05) is 0 Å². The van der Waals surface area contributed by atoms with Gasteiger partial charge < -0.3 is 4.90 Å². The number of hydrogen-bond acceptors (Lipinski definition) is 4. The van der Waals surface area contributed by atoms with Gasteiger partial charge in [-0.15, -0.1) is 0 Å². The van der Waals surface area contributed by atoms with Gasteiger partial charge in [-0.25, -0.2) is 8.78 Å². The third kappa shape index (κ3) is 4.43. The lowest BCUT2D eigenvalue weighted by molar-refractivity contribution is 0.0647. The molecule has 0 atom stereocenters. The van der Waals surface area contributed by atoms with E-state index in [9.17, 15) is 18.8 Å². The lowest BCUT2D eigenvalue weighted by Crippen LogP contribution is -2.43. The molecule has 1 amide bonds. The zero-order valence-corrected chi connectivity index (χ0v) is 16.8. The maximum absolute atomic E-state index is 13.6. The Hall–Kier alpha value is -3.66. The molecule has 0 unspecified atom stereocenters. The Morgan fingerprint density at radius 3 is 2.39 bits per heavy atom. The van der Waals surface area contributed by atoms with Crippen LogP contribution in [0.3, 0.4) is 0 Å². The van der Waals surface area contributed by atoms with E-state index in [4.69, 9.17) is 0 Å². The Morgan fingerprint density at radius 1 is 1.06 bits per heavy atom. The number of likely N-dealkylation sites (tertiary alicyclic amines) is 1. The van der Waals surface area contributed by atoms with E-state index in [1.807, 2.05) is 0 Å². The average molecular weight is 418 g/mol. The smallest absolute Gasteiger partial charge is 0.256 e. The minimum Gasteiger partial charge on any atom is -0.338 e. The summed E-state index contributed by atoms with van der Waals surface area (Å²) in [4.78, 5) is 23.3. The molecule has 5 nitrogen and oxygen atoms in total. The number of hydrogen-bond donors (Lipinski definition) is 0. The zero-order valence-electron chi connectivity index (χ0n) is 16.8. The lowest BCUT2D eigenvalue weighted by atomic mass is 9.75. The van der Waals surface area contributed by atoms with Crippen molar-refractivity contribution >= 4 is 5.91 Å². The van der Waals surface area contributed by atoms with Crippen molar-refractivity contribution in [3.63, 3.8) is 0 Å². The van der Waals surface area contributed by atoms with Gasteiger partial charge in [-0.3, -0.25) is 14.8 Å². The molecule has 31 heavy (non-hydrogen) atoms. The minimum atomic E-state index is -0.764. The van der Waals surface area contributed by atoms with Crippen LogP contribution in [-0.4, -0.2) is 33.9 Å². The van der Waals surface area contributed by atoms with E-state index < -0.39 is 17.0 Å². The molecule has 1 aromatic carbocycles. The molecular formula is C24H20F2N4O. The summed E-state index contributed by atoms with van der Waals surface area (Å²) in [5, 5.41) is 9.82. The van der Waals surface area contributed by atoms with Crippen LogP contribution in [0, 0.1) is 28.4 Å². The summed E-state index contributed by atoms with van der Waals surface area (Å²) >= 11 is 0. The maximum Gasteiger partial charge on any atom is 0.256 e. The largest absolute Gasteiger partial charge is 0.338 e. The number of carbonyl (C=O) groups excluding carboxylic acids is 1. The summed E-state index contributed by atoms with van der Waals surface area (Å²) in [5.74, 6) is -1.46. The third-order valence-corrected chi connectivity index (χ3v) is 5.70. The summed E-state index contributed by atoms with van der Waals surface area (Å²) in [5.41, 5.74) is 1.56. The molecule has 0 bridgehead atoms. The van der Waals surface area contributed by atoms with Crippen molar-refractivity contribution in [2.45, 2.75) is 19.3 Å². The Balaban J connectivity index is 1.51. The van der Waals surface area contributed by atoms with Crippen molar-refractivity contribution in [2.75, 3.05) is 13.1 Å². The van der Waals surface area contributed by atoms with E-state index >= 15 is 0 Å². The molecule has 0 saturated carbocycles. The Morgan fingerprint density at radius 2 is 1.74 bits per heavy atom. The zero-order chi connectivity index (χ0) is 21.8. The fraction of sp³-hybridized carbons (Fsp3) is 0.250. The van der Waals surface area contributed by atoms with Crippen molar-refractivity contribution in [3.05, 3.63) is 83.8 Å². The maximum atomic E-state index is 13.6. The minimum absolute atomic E-state index is 0.150. The van der Waals surface area contributed by atoms with E-state index in [1.54, 1.807) is 47.8 Å². The Labute approximate surface area is 179 Å². The predicted molar refractivity (Wildman–Crippen MR) is 111 cm³/mol. The first-order valence-electron chi connectivity index (χ1n) is 10.0. The molecule has 1 aliphatic rings. The molecular weight excluding hydrogens is 398 g/mol. The van der Waals surface area contributed by atoms with Gasteiger partial charge >= 0.3 is 0 Å². The first kappa shape index (κ1) is 20.6. The highest BCUT2D eigenvalue weighted by molar-refractivity contribution is 5.99. The normalized spacial score (nSPS) is 15.3. The highest BCUT2D eigenvalue weighted by Gasteiger charge is 2.37. The molecule has 4 rings (SSSR count). The number of benzene rings is 1. The van der Waals surface area contributed by atoms with E-state index in [2.05, 4.69) is 16.0 Å². The van der Waals surface area contributed by atoms with Crippen LogP contribution in [0.4, 0.5) is 8.78 Å². The summed E-state index contributed by atoms with van der Waals surface area (Å²) in [7, 11) is 0. The molecule has 2 aromatic heterocycles. The van der Waals surface area contributed by atoms with Crippen LogP contribution < -0.4 is 0 Å². The number of pyridine rings is 2. The summed E-state index contributed by atoms with van der Waals surface area (Å²) in [6.07, 6.45) is 6.04. The molecule has 156 valence electrons. The highest BCUT2D eigenvalue weighted by atomic mass is 19.1. The molecule has 0 N–H and O–H groups in total. The Kier molecular flexibility index (Phi) is 5.72. The van der Waals surface area contributed by atoms with Gasteiger partial charge in [0.15, 0.2) is 0 Å². The van der Waals surface area contributed by atoms with Gasteiger partial charge in [0.1, 0.15) is 11.6 Å². The topological polar surface area (TPSA) is 69.9 Å². The number of nitrogens with zero attached hydrogens (tertiary/aromatic N) is 4. The van der Waals surface area contributed by atoms with Crippen LogP contribution in [0.2, 0.25) is 0 Å². The van der Waals surface area contributed by atoms with Crippen LogP contribution in [0.15, 0.2) is 61.1 Å². The third-order valence-electron chi connectivity index (χ3n) is 5.70. The van der Waals surface area contributed by atoms with Crippen LogP contribution in [0.1, 0.15) is 28.8 Å². The second-order valence-electron chi connectivity index (χ2n) is 7.77. The van der Waals surface area contributed by atoms with Gasteiger partial charge in [-0.2, -0.15) is 5.26 Å². The molecule has 0 radical (unpaired) electrons. The SMILES string of the molecule is N#CC1(Cc2cc(F)cc(F)c2)CCN(C(=O)c2cccnc2-c2ccncc2)CC1. The second-order valence-corrected chi connectivity index (χ2v) is 7.77. The standard InChI is InChI=1S/C24H20F2N4O/c25-19-12-17(13-20(26)14-19)15-24(16-27)5-10-30(11-6-24)23(31)21-2-1-7-29-22(21)18-3-8-28-9-4-18/h1-4,7-9,12-14H,5-6,10-11,15H2. The van der Waals surface area contributed by atoms with Gasteiger partial charge in [0, 0.05) is 43.3 Å². The molecule has 3 heterocycles. The highest BCUT2D eigenvalue weighted by Crippen LogP contribution is 2.36. The lowest BCUT2D eigenvalue weighted by Gasteiger charge is -2.37. The summed E-state index contributed by atoms with van der Waals surface area (Å²) < 4.78 is 27.1. The second kappa shape index (κ2) is 8.60. The van der Waals surface area contributed by atoms with Crippen LogP contribution >= 0.6 is 0 Å². The van der Waals surface area contributed by atoms with Crippen molar-refractivity contribution in [1.82, 2.24) is 14.9 Å². The van der Waals surface area contributed by atoms with Gasteiger partial charge in [0.2, 0.25) is 0 Å². The fourth-order valence-electron chi connectivity index (χ4n) is 4.06. The van der Waals surface area contributed by atoms with Crippen molar-refractivity contribution in [3.8, 4) is 17.3 Å². The molecule has 1 saturated heterocycles. The van der Waals surface area contributed by atoms with Crippen LogP contribution in [0.5, 0.6) is 0 Å². The average Bonchev–Trinajstić information content (AvgIpc) is 2.79. The fourth-order valence-corrected chi connectivity index (χ4v) is 4.06. The number of piperidine rings is 1. The molecule has 0 spiro atoms. The van der Waals surface area contributed by atoms with E-state index in [1.165, 1.54) is 12.1 Å². The molecule has 1 aliphatic heterocycles. The van der Waals surface area contributed by atoms with Gasteiger partial charge in [0.05, 0.1) is 22.7 Å². The van der Waals surface area contributed by atoms with Crippen molar-refractivity contribution in [1.29, 1.82) is 5.26 Å². The van der Waals surface area contributed by atoms with E-state index in [0.717, 1.165) is 11.6 Å². The molecule has 3 aromatic rings. The molecule has 7 heteroatoms. The number of nitriles is 1. The molecule has 0 aliphatic carbocycles. The number of halogens is 2.